The van der Waals surface area contributed by atoms with Crippen LogP contribution in [0.25, 0.3) is 0 Å². The van der Waals surface area contributed by atoms with Gasteiger partial charge in [-0.05, 0) is 6.42 Å². The Kier molecular flexibility index (Phi) is 6.55. The molecule has 11 heteroatoms. The molecular formula is C10H19N3O6S2. The lowest BCUT2D eigenvalue weighted by Gasteiger charge is -2.18. The molecule has 1 heterocycles. The molecule has 0 aromatic carbocycles. The summed E-state index contributed by atoms with van der Waals surface area (Å²) >= 11 is 0. The van der Waals surface area contributed by atoms with Crippen LogP contribution in [-0.4, -0.2) is 77.5 Å². The van der Waals surface area contributed by atoms with Gasteiger partial charge in [0.15, 0.2) is 9.84 Å². The van der Waals surface area contributed by atoms with E-state index in [2.05, 4.69) is 10.0 Å². The van der Waals surface area contributed by atoms with E-state index in [0.717, 1.165) is 0 Å². The molecule has 1 saturated heterocycles. The van der Waals surface area contributed by atoms with Crippen LogP contribution < -0.4 is 10.0 Å². The van der Waals surface area contributed by atoms with Crippen molar-refractivity contribution in [3.63, 3.8) is 0 Å². The van der Waals surface area contributed by atoms with Gasteiger partial charge in [0, 0.05) is 26.2 Å². The van der Waals surface area contributed by atoms with Crippen LogP contribution in [-0.2, 0) is 29.4 Å². The van der Waals surface area contributed by atoms with Crippen molar-refractivity contribution in [2.45, 2.75) is 11.7 Å². The maximum Gasteiger partial charge on any atom is 0.215 e. The van der Waals surface area contributed by atoms with Crippen LogP contribution in [0.1, 0.15) is 6.42 Å². The first-order valence-electron chi connectivity index (χ1n) is 6.36. The summed E-state index contributed by atoms with van der Waals surface area (Å²) < 4.78 is 48.7. The fourth-order valence-corrected chi connectivity index (χ4v) is 6.01. The zero-order valence-electron chi connectivity index (χ0n) is 11.4. The monoisotopic (exact) mass is 341 g/mol. The van der Waals surface area contributed by atoms with Crippen LogP contribution in [0.3, 0.4) is 0 Å². The Balaban J connectivity index is 2.39. The van der Waals surface area contributed by atoms with Gasteiger partial charge in [-0.25, -0.2) is 21.6 Å². The zero-order valence-corrected chi connectivity index (χ0v) is 13.0. The van der Waals surface area contributed by atoms with Gasteiger partial charge in [-0.15, -0.1) is 0 Å². The van der Waals surface area contributed by atoms with Crippen molar-refractivity contribution >= 4 is 32.7 Å². The van der Waals surface area contributed by atoms with Crippen molar-refractivity contribution in [1.29, 1.82) is 0 Å². The van der Waals surface area contributed by atoms with Crippen LogP contribution in [0.5, 0.6) is 0 Å². The van der Waals surface area contributed by atoms with Crippen molar-refractivity contribution in [1.82, 2.24) is 14.9 Å². The average Bonchev–Trinajstić information content (AvgIpc) is 2.78. The summed E-state index contributed by atoms with van der Waals surface area (Å²) in [5, 5.41) is 1.46. The first kappa shape index (κ1) is 17.9. The number of nitrogens with zero attached hydrogens (tertiary/aromatic N) is 1. The van der Waals surface area contributed by atoms with Crippen molar-refractivity contribution in [3.8, 4) is 0 Å². The summed E-state index contributed by atoms with van der Waals surface area (Å²) in [6.45, 7) is 0.680. The summed E-state index contributed by atoms with van der Waals surface area (Å²) in [5.74, 6) is -0.473. The van der Waals surface area contributed by atoms with E-state index in [0.29, 0.717) is 12.8 Å². The molecule has 1 aliphatic rings. The van der Waals surface area contributed by atoms with Crippen molar-refractivity contribution in [2.75, 3.05) is 37.7 Å². The highest BCUT2D eigenvalue weighted by atomic mass is 32.2. The Morgan fingerprint density at radius 3 is 2.38 bits per heavy atom. The molecule has 0 unspecified atom stereocenters. The Morgan fingerprint density at radius 2 is 1.86 bits per heavy atom. The van der Waals surface area contributed by atoms with Crippen molar-refractivity contribution in [2.24, 2.45) is 0 Å². The Labute approximate surface area is 124 Å². The molecule has 1 aliphatic heterocycles. The minimum atomic E-state index is -3.70. The predicted octanol–water partition coefficient (Wildman–Crippen LogP) is -2.70. The second-order valence-corrected chi connectivity index (χ2v) is 8.95. The van der Waals surface area contributed by atoms with Crippen LogP contribution >= 0.6 is 0 Å². The molecule has 1 rings (SSSR count). The SMILES string of the molecule is O=CNCCN(C=O)CCNS(=O)(=O)[C@H]1CCS(=O)(=O)C1. The second-order valence-electron chi connectivity index (χ2n) is 4.68. The molecule has 1 fully saturated rings. The van der Waals surface area contributed by atoms with E-state index in [1.165, 1.54) is 4.90 Å². The summed E-state index contributed by atoms with van der Waals surface area (Å²) in [5.41, 5.74) is 0. The highest BCUT2D eigenvalue weighted by Crippen LogP contribution is 2.17. The molecule has 122 valence electrons. The van der Waals surface area contributed by atoms with Gasteiger partial charge in [0.2, 0.25) is 22.8 Å². The summed E-state index contributed by atoms with van der Waals surface area (Å²) in [4.78, 5) is 22.1. The topological polar surface area (TPSA) is 130 Å². The molecule has 0 spiro atoms. The first-order valence-corrected chi connectivity index (χ1v) is 9.73. The molecule has 2 N–H and O–H groups in total. The van der Waals surface area contributed by atoms with Gasteiger partial charge in [0.1, 0.15) is 0 Å². The fraction of sp³-hybridized carbons (Fsp3) is 0.800. The average molecular weight is 341 g/mol. The molecule has 0 bridgehead atoms. The Bertz CT molecular complexity index is 559. The lowest BCUT2D eigenvalue weighted by molar-refractivity contribution is -0.118. The van der Waals surface area contributed by atoms with E-state index in [-0.39, 0.29) is 44.1 Å². The second kappa shape index (κ2) is 7.71. The normalized spacial score (nSPS) is 20.9. The van der Waals surface area contributed by atoms with Gasteiger partial charge in [0.25, 0.3) is 0 Å². The molecule has 0 radical (unpaired) electrons. The maximum atomic E-state index is 11.9. The van der Waals surface area contributed by atoms with Crippen LogP contribution in [0.2, 0.25) is 0 Å². The van der Waals surface area contributed by atoms with Crippen molar-refractivity contribution < 1.29 is 26.4 Å². The highest BCUT2D eigenvalue weighted by Gasteiger charge is 2.36. The lowest BCUT2D eigenvalue weighted by Crippen LogP contribution is -2.41. The number of carbonyl (C=O) groups is 2. The van der Waals surface area contributed by atoms with E-state index < -0.39 is 25.1 Å². The third kappa shape index (κ3) is 5.98. The van der Waals surface area contributed by atoms with E-state index >= 15 is 0 Å². The fourth-order valence-electron chi connectivity index (χ4n) is 1.94. The lowest BCUT2D eigenvalue weighted by atomic mass is 10.4. The standard InChI is InChI=1S/C10H19N3O6S2/c14-8-11-2-4-13(9-15)5-3-12-21(18,19)10-1-6-20(16,17)7-10/h8-10,12H,1-7H2,(H,11,14)/t10-/m0/s1. The Morgan fingerprint density at radius 1 is 1.19 bits per heavy atom. The van der Waals surface area contributed by atoms with E-state index in [1.807, 2.05) is 0 Å². The molecule has 2 amide bonds. The van der Waals surface area contributed by atoms with Crippen LogP contribution in [0.4, 0.5) is 0 Å². The van der Waals surface area contributed by atoms with Crippen LogP contribution in [0.15, 0.2) is 0 Å². The number of hydrogen-bond donors (Lipinski definition) is 2. The molecule has 1 atom stereocenters. The van der Waals surface area contributed by atoms with Gasteiger partial charge >= 0.3 is 0 Å². The van der Waals surface area contributed by atoms with Gasteiger partial charge in [-0.1, -0.05) is 0 Å². The van der Waals surface area contributed by atoms with E-state index in [9.17, 15) is 26.4 Å². The molecule has 0 saturated carbocycles. The van der Waals surface area contributed by atoms with Gasteiger partial charge in [-0.3, -0.25) is 9.59 Å². The number of sulfone groups is 1. The third-order valence-corrected chi connectivity index (χ3v) is 6.97. The van der Waals surface area contributed by atoms with E-state index in [1.54, 1.807) is 0 Å². The molecule has 0 aliphatic carbocycles. The number of sulfonamides is 1. The number of nitrogens with one attached hydrogen (secondary N) is 2. The largest absolute Gasteiger partial charge is 0.357 e. The minimum Gasteiger partial charge on any atom is -0.357 e. The zero-order chi connectivity index (χ0) is 15.9. The minimum absolute atomic E-state index is 0.00128. The third-order valence-electron chi connectivity index (χ3n) is 3.11. The first-order chi connectivity index (χ1) is 9.80. The summed E-state index contributed by atoms with van der Waals surface area (Å²) in [7, 11) is -6.97. The summed E-state index contributed by atoms with van der Waals surface area (Å²) in [6.07, 6.45) is 1.16. The summed E-state index contributed by atoms with van der Waals surface area (Å²) in [6, 6.07) is 0. The molecule has 9 nitrogen and oxygen atoms in total. The number of amides is 2. The van der Waals surface area contributed by atoms with Crippen molar-refractivity contribution in [3.05, 3.63) is 0 Å². The van der Waals surface area contributed by atoms with Gasteiger partial charge in [0.05, 0.1) is 16.8 Å². The molecule has 0 aromatic rings. The quantitative estimate of drug-likeness (QED) is 0.328. The van der Waals surface area contributed by atoms with Crippen LogP contribution in [0, 0.1) is 0 Å². The molecule has 0 aromatic heterocycles. The highest BCUT2D eigenvalue weighted by molar-refractivity contribution is 7.95. The Hall–Kier alpha value is -1.20. The maximum absolute atomic E-state index is 11.9. The predicted molar refractivity (Wildman–Crippen MR) is 75.7 cm³/mol. The number of hydrogen-bond acceptors (Lipinski definition) is 6. The molecule has 21 heavy (non-hydrogen) atoms. The van der Waals surface area contributed by atoms with Gasteiger partial charge in [-0.2, -0.15) is 0 Å². The number of rotatable bonds is 10. The van der Waals surface area contributed by atoms with Gasteiger partial charge < -0.3 is 10.2 Å². The smallest absolute Gasteiger partial charge is 0.215 e. The van der Waals surface area contributed by atoms with E-state index in [4.69, 9.17) is 0 Å². The number of carbonyl (C=O) groups excluding carboxylic acids is 2. The molecular weight excluding hydrogens is 322 g/mol.